The van der Waals surface area contributed by atoms with Gasteiger partial charge in [-0.25, -0.2) is 4.98 Å². The number of aromatic nitrogens is 2. The van der Waals surface area contributed by atoms with Crippen molar-refractivity contribution < 1.29 is 0 Å². The molecule has 0 spiro atoms. The number of hydrogen-bond donors (Lipinski definition) is 1. The SMILES string of the molecule is Cc1cn2c(n1)NCCC2c1ccc(C)c(C)c1. The normalized spacial score (nSPS) is 18.3. The summed E-state index contributed by atoms with van der Waals surface area (Å²) < 4.78 is 2.27. The van der Waals surface area contributed by atoms with Crippen LogP contribution in [0, 0.1) is 20.8 Å². The van der Waals surface area contributed by atoms with Crippen LogP contribution in [-0.4, -0.2) is 16.1 Å². The minimum absolute atomic E-state index is 0.418. The first-order valence-corrected chi connectivity index (χ1v) is 6.51. The van der Waals surface area contributed by atoms with Crippen LogP contribution < -0.4 is 5.32 Å². The summed E-state index contributed by atoms with van der Waals surface area (Å²) >= 11 is 0. The van der Waals surface area contributed by atoms with Crippen LogP contribution >= 0.6 is 0 Å². The van der Waals surface area contributed by atoms with Crippen LogP contribution in [0.15, 0.2) is 24.4 Å². The number of nitrogens with zero attached hydrogens (tertiary/aromatic N) is 2. The lowest BCUT2D eigenvalue weighted by molar-refractivity contribution is 0.530. The summed E-state index contributed by atoms with van der Waals surface area (Å²) in [4.78, 5) is 4.52. The Morgan fingerprint density at radius 3 is 2.83 bits per heavy atom. The van der Waals surface area contributed by atoms with E-state index in [1.165, 1.54) is 16.7 Å². The zero-order valence-corrected chi connectivity index (χ0v) is 11.2. The third-order valence-corrected chi connectivity index (χ3v) is 3.81. The van der Waals surface area contributed by atoms with E-state index < -0.39 is 0 Å². The fourth-order valence-electron chi connectivity index (χ4n) is 2.64. The van der Waals surface area contributed by atoms with E-state index in [1.54, 1.807) is 0 Å². The van der Waals surface area contributed by atoms with Crippen LogP contribution in [0.25, 0.3) is 0 Å². The lowest BCUT2D eigenvalue weighted by Gasteiger charge is -2.26. The largest absolute Gasteiger partial charge is 0.356 e. The Hall–Kier alpha value is -1.77. The van der Waals surface area contributed by atoms with E-state index in [4.69, 9.17) is 0 Å². The highest BCUT2D eigenvalue weighted by Crippen LogP contribution is 2.30. The van der Waals surface area contributed by atoms with Crippen LogP contribution in [-0.2, 0) is 0 Å². The Morgan fingerprint density at radius 2 is 2.06 bits per heavy atom. The van der Waals surface area contributed by atoms with Gasteiger partial charge in [-0.15, -0.1) is 0 Å². The molecule has 94 valence electrons. The third-order valence-electron chi connectivity index (χ3n) is 3.81. The molecule has 0 fully saturated rings. The Kier molecular flexibility index (Phi) is 2.62. The minimum Gasteiger partial charge on any atom is -0.356 e. The van der Waals surface area contributed by atoms with Crippen molar-refractivity contribution in [2.75, 3.05) is 11.9 Å². The number of rotatable bonds is 1. The van der Waals surface area contributed by atoms with Crippen molar-refractivity contribution in [3.8, 4) is 0 Å². The molecule has 3 nitrogen and oxygen atoms in total. The zero-order chi connectivity index (χ0) is 12.7. The van der Waals surface area contributed by atoms with Crippen molar-refractivity contribution in [2.45, 2.75) is 33.2 Å². The third kappa shape index (κ3) is 1.80. The van der Waals surface area contributed by atoms with E-state index in [-0.39, 0.29) is 0 Å². The maximum Gasteiger partial charge on any atom is 0.203 e. The van der Waals surface area contributed by atoms with E-state index in [0.29, 0.717) is 6.04 Å². The van der Waals surface area contributed by atoms with Crippen molar-refractivity contribution in [2.24, 2.45) is 0 Å². The van der Waals surface area contributed by atoms with Crippen molar-refractivity contribution in [3.63, 3.8) is 0 Å². The first kappa shape index (κ1) is 11.3. The van der Waals surface area contributed by atoms with Gasteiger partial charge in [-0.2, -0.15) is 0 Å². The monoisotopic (exact) mass is 241 g/mol. The molecular formula is C15H19N3. The van der Waals surface area contributed by atoms with Gasteiger partial charge < -0.3 is 9.88 Å². The number of aryl methyl sites for hydroxylation is 3. The minimum atomic E-state index is 0.418. The highest BCUT2D eigenvalue weighted by atomic mass is 15.2. The molecule has 1 aromatic carbocycles. The van der Waals surface area contributed by atoms with Crippen molar-refractivity contribution in [1.82, 2.24) is 9.55 Å². The quantitative estimate of drug-likeness (QED) is 0.830. The molecule has 3 heteroatoms. The van der Waals surface area contributed by atoms with Crippen LogP contribution in [0.1, 0.15) is 34.8 Å². The molecule has 0 amide bonds. The van der Waals surface area contributed by atoms with E-state index >= 15 is 0 Å². The van der Waals surface area contributed by atoms with Gasteiger partial charge in [0, 0.05) is 12.7 Å². The molecule has 1 atom stereocenters. The lowest BCUT2D eigenvalue weighted by Crippen LogP contribution is -2.23. The standard InChI is InChI=1S/C15H19N3/c1-10-4-5-13(8-11(10)2)14-6-7-16-15-17-12(3)9-18(14)15/h4-5,8-9,14H,6-7H2,1-3H3,(H,16,17). The van der Waals surface area contributed by atoms with Crippen LogP contribution in [0.4, 0.5) is 5.95 Å². The smallest absolute Gasteiger partial charge is 0.203 e. The topological polar surface area (TPSA) is 29.9 Å². The molecule has 0 saturated heterocycles. The highest BCUT2D eigenvalue weighted by molar-refractivity contribution is 5.38. The number of imidazole rings is 1. The maximum absolute atomic E-state index is 4.52. The summed E-state index contributed by atoms with van der Waals surface area (Å²) in [5.41, 5.74) is 5.19. The van der Waals surface area contributed by atoms with Gasteiger partial charge in [-0.05, 0) is 43.9 Å². The number of anilines is 1. The molecule has 18 heavy (non-hydrogen) atoms. The number of hydrogen-bond acceptors (Lipinski definition) is 2. The Balaban J connectivity index is 2.05. The predicted molar refractivity (Wildman–Crippen MR) is 74.1 cm³/mol. The van der Waals surface area contributed by atoms with Gasteiger partial charge in [0.2, 0.25) is 5.95 Å². The molecule has 1 aliphatic rings. The highest BCUT2D eigenvalue weighted by Gasteiger charge is 2.22. The Labute approximate surface area is 108 Å². The van der Waals surface area contributed by atoms with Gasteiger partial charge >= 0.3 is 0 Å². The van der Waals surface area contributed by atoms with Crippen LogP contribution in [0.2, 0.25) is 0 Å². The van der Waals surface area contributed by atoms with Gasteiger partial charge in [-0.3, -0.25) is 0 Å². The second kappa shape index (κ2) is 4.16. The molecule has 1 aliphatic heterocycles. The number of fused-ring (bicyclic) bond motifs is 1. The molecule has 0 radical (unpaired) electrons. The summed E-state index contributed by atoms with van der Waals surface area (Å²) in [6.07, 6.45) is 3.26. The van der Waals surface area contributed by atoms with Gasteiger partial charge in [0.15, 0.2) is 0 Å². The average Bonchev–Trinajstić information content (AvgIpc) is 2.72. The van der Waals surface area contributed by atoms with E-state index in [1.807, 2.05) is 6.92 Å². The Bertz CT molecular complexity index is 583. The first-order valence-electron chi connectivity index (χ1n) is 6.51. The summed E-state index contributed by atoms with van der Waals surface area (Å²) in [6.45, 7) is 7.38. The van der Waals surface area contributed by atoms with Crippen LogP contribution in [0.3, 0.4) is 0 Å². The van der Waals surface area contributed by atoms with E-state index in [2.05, 4.69) is 53.1 Å². The summed E-state index contributed by atoms with van der Waals surface area (Å²) in [7, 11) is 0. The molecule has 2 heterocycles. The van der Waals surface area contributed by atoms with Crippen LogP contribution in [0.5, 0.6) is 0 Å². The predicted octanol–water partition coefficient (Wildman–Crippen LogP) is 3.21. The maximum atomic E-state index is 4.52. The number of nitrogens with one attached hydrogen (secondary N) is 1. The fraction of sp³-hybridized carbons (Fsp3) is 0.400. The molecule has 0 bridgehead atoms. The first-order chi connectivity index (χ1) is 8.65. The summed E-state index contributed by atoms with van der Waals surface area (Å²) in [5, 5.41) is 3.36. The molecule has 1 aromatic heterocycles. The van der Waals surface area contributed by atoms with Gasteiger partial charge in [-0.1, -0.05) is 18.2 Å². The Morgan fingerprint density at radius 1 is 1.22 bits per heavy atom. The summed E-state index contributed by atoms with van der Waals surface area (Å²) in [5.74, 6) is 1.00. The second-order valence-corrected chi connectivity index (χ2v) is 5.19. The zero-order valence-electron chi connectivity index (χ0n) is 11.2. The van der Waals surface area contributed by atoms with E-state index in [0.717, 1.165) is 24.6 Å². The van der Waals surface area contributed by atoms with Crippen molar-refractivity contribution in [3.05, 3.63) is 46.8 Å². The molecule has 1 N–H and O–H groups in total. The number of benzene rings is 1. The molecular weight excluding hydrogens is 222 g/mol. The van der Waals surface area contributed by atoms with Crippen molar-refractivity contribution >= 4 is 5.95 Å². The summed E-state index contributed by atoms with van der Waals surface area (Å²) in [6, 6.07) is 7.19. The van der Waals surface area contributed by atoms with Gasteiger partial charge in [0.05, 0.1) is 11.7 Å². The molecule has 3 rings (SSSR count). The second-order valence-electron chi connectivity index (χ2n) is 5.19. The average molecular weight is 241 g/mol. The lowest BCUT2D eigenvalue weighted by atomic mass is 9.98. The molecule has 0 saturated carbocycles. The molecule has 1 unspecified atom stereocenters. The van der Waals surface area contributed by atoms with E-state index in [9.17, 15) is 0 Å². The molecule has 0 aliphatic carbocycles. The van der Waals surface area contributed by atoms with Crippen molar-refractivity contribution in [1.29, 1.82) is 0 Å². The molecule has 2 aromatic rings. The van der Waals surface area contributed by atoms with Gasteiger partial charge in [0.25, 0.3) is 0 Å². The fourth-order valence-corrected chi connectivity index (χ4v) is 2.64. The van der Waals surface area contributed by atoms with Gasteiger partial charge in [0.1, 0.15) is 0 Å².